The quantitative estimate of drug-likeness (QED) is 0.444. The Hall–Kier alpha value is -2.72. The van der Waals surface area contributed by atoms with Gasteiger partial charge in [-0.25, -0.2) is 4.98 Å². The first-order chi connectivity index (χ1) is 15.8. The van der Waals surface area contributed by atoms with Crippen LogP contribution in [0, 0.1) is 5.92 Å². The molecule has 0 saturated heterocycles. The first kappa shape index (κ1) is 23.4. The van der Waals surface area contributed by atoms with E-state index in [1.807, 2.05) is 18.2 Å². The van der Waals surface area contributed by atoms with E-state index < -0.39 is 5.91 Å². The largest absolute Gasteiger partial charge is 0.370 e. The van der Waals surface area contributed by atoms with Gasteiger partial charge in [0, 0.05) is 32.1 Å². The van der Waals surface area contributed by atoms with Crippen LogP contribution in [0.4, 0.5) is 11.6 Å². The third-order valence-corrected chi connectivity index (χ3v) is 7.66. The average Bonchev–Trinajstić information content (AvgIpc) is 3.51. The summed E-state index contributed by atoms with van der Waals surface area (Å²) in [6.45, 7) is 0.283. The summed E-state index contributed by atoms with van der Waals surface area (Å²) in [5.74, 6) is 0.162. The number of anilines is 2. The fourth-order valence-corrected chi connectivity index (χ4v) is 5.49. The zero-order valence-electron chi connectivity index (χ0n) is 18.3. The second-order valence-corrected chi connectivity index (χ2v) is 10.8. The molecule has 3 aromatic rings. The topological polar surface area (TPSA) is 110 Å². The van der Waals surface area contributed by atoms with E-state index in [1.54, 1.807) is 28.6 Å². The number of nitrogens with two attached hydrogens (primary N) is 1. The van der Waals surface area contributed by atoms with E-state index in [-0.39, 0.29) is 24.8 Å². The van der Waals surface area contributed by atoms with Gasteiger partial charge in [-0.2, -0.15) is 0 Å². The van der Waals surface area contributed by atoms with E-state index in [0.717, 1.165) is 27.8 Å². The highest BCUT2D eigenvalue weighted by atomic mass is 79.9. The molecule has 0 unspecified atom stereocenters. The second kappa shape index (κ2) is 10.0. The molecule has 0 atom stereocenters. The van der Waals surface area contributed by atoms with E-state index in [2.05, 4.69) is 26.2 Å². The summed E-state index contributed by atoms with van der Waals surface area (Å²) in [6.07, 6.45) is 5.31. The number of thiophene rings is 1. The highest BCUT2D eigenvalue weighted by molar-refractivity contribution is 9.11. The van der Waals surface area contributed by atoms with E-state index in [0.29, 0.717) is 28.7 Å². The van der Waals surface area contributed by atoms with Gasteiger partial charge in [0.2, 0.25) is 17.8 Å². The number of aromatic nitrogens is 2. The van der Waals surface area contributed by atoms with Crippen LogP contribution in [0.5, 0.6) is 0 Å². The molecule has 4 rings (SSSR count). The van der Waals surface area contributed by atoms with Crippen LogP contribution in [0.1, 0.15) is 48.2 Å². The molecular weight excluding hydrogens is 506 g/mol. The number of hydrogen-bond donors (Lipinski definition) is 2. The standard InChI is InChI=1S/C23H26BrN5O3S/c1-28(21(31)12-14-4-2-3-5-14)15-6-7-17-16(13-15)26-23(29(17)11-10-20(25)30)27-22(32)18-8-9-19(24)33-18/h6-9,13-14H,2-5,10-12H2,1H3,(H2,25,30)(H,26,27,32). The number of amides is 3. The molecule has 33 heavy (non-hydrogen) atoms. The molecule has 1 aromatic carbocycles. The average molecular weight is 532 g/mol. The summed E-state index contributed by atoms with van der Waals surface area (Å²) in [5, 5.41) is 2.84. The summed E-state index contributed by atoms with van der Waals surface area (Å²) in [5.41, 5.74) is 7.47. The molecule has 8 nitrogen and oxygen atoms in total. The SMILES string of the molecule is CN(C(=O)CC1CCCC1)c1ccc2c(c1)nc(NC(=O)c1ccc(Br)s1)n2CCC(N)=O. The molecule has 1 aliphatic rings. The van der Waals surface area contributed by atoms with Gasteiger partial charge in [0.25, 0.3) is 5.91 Å². The molecule has 3 amide bonds. The smallest absolute Gasteiger partial charge is 0.268 e. The second-order valence-electron chi connectivity index (χ2n) is 8.34. The Bertz CT molecular complexity index is 1200. The van der Waals surface area contributed by atoms with E-state index >= 15 is 0 Å². The number of nitrogens with zero attached hydrogens (tertiary/aromatic N) is 3. The van der Waals surface area contributed by atoms with Crippen LogP contribution in [0.25, 0.3) is 11.0 Å². The van der Waals surface area contributed by atoms with Crippen molar-refractivity contribution in [1.29, 1.82) is 0 Å². The molecular formula is C23H26BrN5O3S. The number of carbonyl (C=O) groups excluding carboxylic acids is 3. The highest BCUT2D eigenvalue weighted by Gasteiger charge is 2.22. The lowest BCUT2D eigenvalue weighted by Gasteiger charge is -2.19. The first-order valence-corrected chi connectivity index (χ1v) is 12.5. The van der Waals surface area contributed by atoms with Gasteiger partial charge in [-0.05, 0) is 65.0 Å². The van der Waals surface area contributed by atoms with E-state index in [9.17, 15) is 14.4 Å². The van der Waals surface area contributed by atoms with Crippen molar-refractivity contribution in [3.63, 3.8) is 0 Å². The summed E-state index contributed by atoms with van der Waals surface area (Å²) < 4.78 is 2.62. The van der Waals surface area contributed by atoms with Crippen molar-refractivity contribution in [2.45, 2.75) is 45.1 Å². The van der Waals surface area contributed by atoms with Gasteiger partial charge in [-0.1, -0.05) is 12.8 Å². The van der Waals surface area contributed by atoms with E-state index in [1.165, 1.54) is 24.2 Å². The number of rotatable bonds is 8. The fourth-order valence-electron chi connectivity index (χ4n) is 4.21. The number of halogens is 1. The minimum Gasteiger partial charge on any atom is -0.370 e. The molecule has 10 heteroatoms. The number of imidazole rings is 1. The number of nitrogens with one attached hydrogen (secondary N) is 1. The third kappa shape index (κ3) is 5.44. The molecule has 3 N–H and O–H groups in total. The van der Waals surface area contributed by atoms with Crippen molar-refractivity contribution in [2.24, 2.45) is 11.7 Å². The minimum atomic E-state index is -0.440. The zero-order chi connectivity index (χ0) is 23.5. The van der Waals surface area contributed by atoms with Crippen LogP contribution in [0.3, 0.4) is 0 Å². The van der Waals surface area contributed by atoms with Crippen molar-refractivity contribution in [3.8, 4) is 0 Å². The van der Waals surface area contributed by atoms with E-state index in [4.69, 9.17) is 5.73 Å². The molecule has 0 bridgehead atoms. The maximum atomic E-state index is 12.8. The Morgan fingerprint density at radius 3 is 2.67 bits per heavy atom. The van der Waals surface area contributed by atoms with Gasteiger partial charge in [0.15, 0.2) is 0 Å². The van der Waals surface area contributed by atoms with Crippen molar-refractivity contribution in [1.82, 2.24) is 9.55 Å². The summed E-state index contributed by atoms with van der Waals surface area (Å²) in [4.78, 5) is 43.7. The van der Waals surface area contributed by atoms with Crippen LogP contribution in [-0.2, 0) is 16.1 Å². The van der Waals surface area contributed by atoms with Crippen LogP contribution < -0.4 is 16.0 Å². The number of primary amides is 1. The van der Waals surface area contributed by atoms with Gasteiger partial charge < -0.3 is 15.2 Å². The molecule has 0 radical (unpaired) electrons. The number of benzene rings is 1. The Labute approximate surface area is 204 Å². The molecule has 2 heterocycles. The number of aryl methyl sites for hydroxylation is 1. The lowest BCUT2D eigenvalue weighted by Crippen LogP contribution is -2.27. The Kier molecular flexibility index (Phi) is 7.14. The molecule has 0 aliphatic heterocycles. The monoisotopic (exact) mass is 531 g/mol. The minimum absolute atomic E-state index is 0.0891. The number of carbonyl (C=O) groups is 3. The number of hydrogen-bond acceptors (Lipinski definition) is 5. The lowest BCUT2D eigenvalue weighted by molar-refractivity contribution is -0.119. The first-order valence-electron chi connectivity index (χ1n) is 10.9. The maximum Gasteiger partial charge on any atom is 0.268 e. The lowest BCUT2D eigenvalue weighted by atomic mass is 10.0. The van der Waals surface area contributed by atoms with Gasteiger partial charge in [0.05, 0.1) is 19.7 Å². The molecule has 2 aromatic heterocycles. The van der Waals surface area contributed by atoms with Crippen LogP contribution in [-0.4, -0.2) is 34.3 Å². The van der Waals surface area contributed by atoms with Crippen LogP contribution in [0.15, 0.2) is 34.1 Å². The zero-order valence-corrected chi connectivity index (χ0v) is 20.7. The highest BCUT2D eigenvalue weighted by Crippen LogP contribution is 2.30. The third-order valence-electron chi connectivity index (χ3n) is 6.04. The number of fused-ring (bicyclic) bond motifs is 1. The fraction of sp³-hybridized carbons (Fsp3) is 0.391. The van der Waals surface area contributed by atoms with Crippen molar-refractivity contribution >= 4 is 67.7 Å². The van der Waals surface area contributed by atoms with Gasteiger partial charge in [-0.15, -0.1) is 11.3 Å². The Balaban J connectivity index is 1.60. The van der Waals surface area contributed by atoms with Crippen molar-refractivity contribution in [2.75, 3.05) is 17.3 Å². The molecule has 1 aliphatic carbocycles. The Morgan fingerprint density at radius 1 is 1.24 bits per heavy atom. The van der Waals surface area contributed by atoms with Crippen molar-refractivity contribution < 1.29 is 14.4 Å². The Morgan fingerprint density at radius 2 is 2.00 bits per heavy atom. The maximum absolute atomic E-state index is 12.8. The molecule has 1 fully saturated rings. The predicted octanol–water partition coefficient (Wildman–Crippen LogP) is 4.53. The van der Waals surface area contributed by atoms with Gasteiger partial charge in [-0.3, -0.25) is 19.7 Å². The molecule has 1 saturated carbocycles. The van der Waals surface area contributed by atoms with Crippen molar-refractivity contribution in [3.05, 3.63) is 39.0 Å². The van der Waals surface area contributed by atoms with Gasteiger partial charge in [0.1, 0.15) is 0 Å². The van der Waals surface area contributed by atoms with Crippen LogP contribution >= 0.6 is 27.3 Å². The predicted molar refractivity (Wildman–Crippen MR) is 134 cm³/mol. The molecule has 0 spiro atoms. The summed E-state index contributed by atoms with van der Waals surface area (Å²) in [6, 6.07) is 9.08. The van der Waals surface area contributed by atoms with Crippen LogP contribution in [0.2, 0.25) is 0 Å². The summed E-state index contributed by atoms with van der Waals surface area (Å²) >= 11 is 4.68. The molecule has 174 valence electrons. The normalized spacial score (nSPS) is 14.0. The summed E-state index contributed by atoms with van der Waals surface area (Å²) in [7, 11) is 1.78. The van der Waals surface area contributed by atoms with Gasteiger partial charge >= 0.3 is 0 Å².